The fourth-order valence-corrected chi connectivity index (χ4v) is 4.91. The second-order valence-electron chi connectivity index (χ2n) is 8.58. The van der Waals surface area contributed by atoms with E-state index in [2.05, 4.69) is 15.6 Å². The van der Waals surface area contributed by atoms with Crippen molar-refractivity contribution in [2.24, 2.45) is 0 Å². The number of hydrogen-bond donors (Lipinski definition) is 4. The summed E-state index contributed by atoms with van der Waals surface area (Å²) < 4.78 is 0. The lowest BCUT2D eigenvalue weighted by molar-refractivity contribution is 0.00526. The highest BCUT2D eigenvalue weighted by atomic mass is 35.5. The van der Waals surface area contributed by atoms with Crippen LogP contribution < -0.4 is 10.6 Å². The molecule has 2 aliphatic rings. The van der Waals surface area contributed by atoms with E-state index in [0.29, 0.717) is 22.7 Å². The fourth-order valence-electron chi connectivity index (χ4n) is 4.69. The zero-order chi connectivity index (χ0) is 21.6. The van der Waals surface area contributed by atoms with Crippen LogP contribution in [0, 0.1) is 0 Å². The normalized spacial score (nSPS) is 17.4. The lowest BCUT2D eigenvalue weighted by Gasteiger charge is -2.32. The summed E-state index contributed by atoms with van der Waals surface area (Å²) in [5, 5.41) is 17.8. The van der Waals surface area contributed by atoms with Gasteiger partial charge in [-0.3, -0.25) is 9.59 Å². The minimum absolute atomic E-state index is 0.133. The zero-order valence-corrected chi connectivity index (χ0v) is 17.8. The smallest absolute Gasteiger partial charge is 0.252 e. The van der Waals surface area contributed by atoms with E-state index in [1.54, 1.807) is 12.1 Å². The summed E-state index contributed by atoms with van der Waals surface area (Å²) in [7, 11) is 0. The molecule has 0 saturated heterocycles. The molecule has 0 spiro atoms. The summed E-state index contributed by atoms with van der Waals surface area (Å²) in [6, 6.07) is 11.0. The zero-order valence-electron chi connectivity index (χ0n) is 17.1. The van der Waals surface area contributed by atoms with Gasteiger partial charge in [0.15, 0.2) is 0 Å². The highest BCUT2D eigenvalue weighted by Crippen LogP contribution is 2.35. The van der Waals surface area contributed by atoms with Crippen LogP contribution >= 0.6 is 11.6 Å². The molecule has 6 nitrogen and oxygen atoms in total. The Morgan fingerprint density at radius 2 is 1.94 bits per heavy atom. The molecule has 31 heavy (non-hydrogen) atoms. The van der Waals surface area contributed by atoms with E-state index >= 15 is 0 Å². The number of carbonyl (C=O) groups excluding carboxylic acids is 2. The topological polar surface area (TPSA) is 94.2 Å². The molecule has 1 aliphatic carbocycles. The first-order valence-corrected chi connectivity index (χ1v) is 11.0. The molecule has 0 atom stereocenters. The Labute approximate surface area is 185 Å². The molecule has 1 saturated carbocycles. The Morgan fingerprint density at radius 1 is 1.13 bits per heavy atom. The van der Waals surface area contributed by atoms with Gasteiger partial charge in [-0.15, -0.1) is 0 Å². The average molecular weight is 438 g/mol. The van der Waals surface area contributed by atoms with Gasteiger partial charge in [-0.2, -0.15) is 0 Å². The van der Waals surface area contributed by atoms with Gasteiger partial charge in [0.1, 0.15) is 0 Å². The molecule has 1 fully saturated rings. The summed E-state index contributed by atoms with van der Waals surface area (Å²) in [5.41, 5.74) is 3.61. The van der Waals surface area contributed by atoms with E-state index in [1.807, 2.05) is 24.3 Å². The third kappa shape index (κ3) is 3.70. The van der Waals surface area contributed by atoms with E-state index in [1.165, 1.54) is 0 Å². The summed E-state index contributed by atoms with van der Waals surface area (Å²) in [6.45, 7) is 0.700. The van der Waals surface area contributed by atoms with Crippen LogP contribution in [0.1, 0.15) is 58.4 Å². The Morgan fingerprint density at radius 3 is 2.74 bits per heavy atom. The summed E-state index contributed by atoms with van der Waals surface area (Å²) >= 11 is 6.26. The molecule has 1 aliphatic heterocycles. The van der Waals surface area contributed by atoms with Crippen LogP contribution in [-0.4, -0.2) is 34.1 Å². The molecule has 1 aromatic heterocycles. The first-order chi connectivity index (χ1) is 14.9. The molecule has 2 heterocycles. The maximum absolute atomic E-state index is 12.7. The van der Waals surface area contributed by atoms with Crippen LogP contribution in [0.2, 0.25) is 5.02 Å². The van der Waals surface area contributed by atoms with Gasteiger partial charge in [-0.1, -0.05) is 36.9 Å². The third-order valence-electron chi connectivity index (χ3n) is 6.44. The Kier molecular flexibility index (Phi) is 4.99. The predicted molar refractivity (Wildman–Crippen MR) is 120 cm³/mol. The van der Waals surface area contributed by atoms with Crippen LogP contribution in [0.3, 0.4) is 0 Å². The van der Waals surface area contributed by atoms with Crippen molar-refractivity contribution in [1.82, 2.24) is 15.6 Å². The number of aliphatic hydroxyl groups is 1. The Balaban J connectivity index is 1.41. The SMILES string of the molecule is O=C(NCC1(O)CCCCC1)c1ccc2[nH]c(-c3ccc(Cl)c4c3C(=O)NC4)cc2c1. The van der Waals surface area contributed by atoms with E-state index in [-0.39, 0.29) is 18.4 Å². The predicted octanol–water partition coefficient (Wildman–Crippen LogP) is 4.16. The van der Waals surface area contributed by atoms with Crippen molar-refractivity contribution >= 4 is 34.3 Å². The largest absolute Gasteiger partial charge is 0.388 e. The van der Waals surface area contributed by atoms with E-state index in [4.69, 9.17) is 11.6 Å². The number of fused-ring (bicyclic) bond motifs is 2. The summed E-state index contributed by atoms with van der Waals surface area (Å²) in [4.78, 5) is 28.4. The van der Waals surface area contributed by atoms with Crippen molar-refractivity contribution in [3.63, 3.8) is 0 Å². The molecule has 0 unspecified atom stereocenters. The van der Waals surface area contributed by atoms with Crippen LogP contribution in [-0.2, 0) is 6.54 Å². The fraction of sp³-hybridized carbons (Fsp3) is 0.333. The monoisotopic (exact) mass is 437 g/mol. The number of H-pyrrole nitrogens is 1. The Bertz CT molecular complexity index is 1190. The van der Waals surface area contributed by atoms with Crippen molar-refractivity contribution in [3.8, 4) is 11.3 Å². The molecular formula is C24H24ClN3O3. The van der Waals surface area contributed by atoms with Crippen molar-refractivity contribution in [1.29, 1.82) is 0 Å². The maximum atomic E-state index is 12.7. The third-order valence-corrected chi connectivity index (χ3v) is 6.80. The van der Waals surface area contributed by atoms with Gasteiger partial charge in [0, 0.05) is 51.4 Å². The van der Waals surface area contributed by atoms with Crippen LogP contribution in [0.4, 0.5) is 0 Å². The number of hydrogen-bond acceptors (Lipinski definition) is 3. The standard InChI is InChI=1S/C24H24ClN3O3/c25-18-6-5-16(21-17(18)12-26-23(21)30)20-11-15-10-14(4-7-19(15)28-20)22(29)27-13-24(31)8-2-1-3-9-24/h4-7,10-11,28,31H,1-3,8-9,12-13H2,(H,26,30)(H,27,29). The summed E-state index contributed by atoms with van der Waals surface area (Å²) in [5.74, 6) is -0.331. The Hall–Kier alpha value is -2.83. The molecular weight excluding hydrogens is 414 g/mol. The first kappa shape index (κ1) is 20.1. The molecule has 4 N–H and O–H groups in total. The van der Waals surface area contributed by atoms with Crippen molar-refractivity contribution in [2.45, 2.75) is 44.2 Å². The molecule has 2 aromatic carbocycles. The molecule has 160 valence electrons. The van der Waals surface area contributed by atoms with Gasteiger partial charge in [0.2, 0.25) is 0 Å². The van der Waals surface area contributed by atoms with Crippen LogP contribution in [0.25, 0.3) is 22.2 Å². The van der Waals surface area contributed by atoms with Gasteiger partial charge in [0.05, 0.1) is 11.2 Å². The minimum Gasteiger partial charge on any atom is -0.388 e. The second kappa shape index (κ2) is 7.70. The lowest BCUT2D eigenvalue weighted by atomic mass is 9.85. The van der Waals surface area contributed by atoms with E-state index < -0.39 is 5.60 Å². The number of benzene rings is 2. The molecule has 3 aromatic rings. The number of aromatic amines is 1. The number of halogens is 1. The number of nitrogens with one attached hydrogen (secondary N) is 3. The van der Waals surface area contributed by atoms with Crippen LogP contribution in [0.5, 0.6) is 0 Å². The minimum atomic E-state index is -0.797. The van der Waals surface area contributed by atoms with Gasteiger partial charge >= 0.3 is 0 Å². The first-order valence-electron chi connectivity index (χ1n) is 10.7. The number of carbonyl (C=O) groups is 2. The second-order valence-corrected chi connectivity index (χ2v) is 8.99. The molecule has 7 heteroatoms. The highest BCUT2D eigenvalue weighted by Gasteiger charge is 2.30. The number of rotatable bonds is 4. The molecule has 5 rings (SSSR count). The van der Waals surface area contributed by atoms with Gasteiger partial charge in [0.25, 0.3) is 11.8 Å². The summed E-state index contributed by atoms with van der Waals surface area (Å²) in [6.07, 6.45) is 4.59. The van der Waals surface area contributed by atoms with Crippen molar-refractivity contribution in [3.05, 3.63) is 58.1 Å². The van der Waals surface area contributed by atoms with Gasteiger partial charge in [-0.25, -0.2) is 0 Å². The van der Waals surface area contributed by atoms with E-state index in [0.717, 1.165) is 59.8 Å². The van der Waals surface area contributed by atoms with Gasteiger partial charge < -0.3 is 20.7 Å². The quantitative estimate of drug-likeness (QED) is 0.493. The van der Waals surface area contributed by atoms with E-state index in [9.17, 15) is 14.7 Å². The highest BCUT2D eigenvalue weighted by molar-refractivity contribution is 6.32. The number of aromatic nitrogens is 1. The van der Waals surface area contributed by atoms with Crippen LogP contribution in [0.15, 0.2) is 36.4 Å². The molecule has 0 bridgehead atoms. The number of amides is 2. The van der Waals surface area contributed by atoms with Crippen molar-refractivity contribution in [2.75, 3.05) is 6.54 Å². The molecule has 2 amide bonds. The average Bonchev–Trinajstić information content (AvgIpc) is 3.37. The molecule has 0 radical (unpaired) electrons. The van der Waals surface area contributed by atoms with Gasteiger partial charge in [-0.05, 0) is 43.2 Å². The van der Waals surface area contributed by atoms with Crippen molar-refractivity contribution < 1.29 is 14.7 Å². The maximum Gasteiger partial charge on any atom is 0.252 e. The lowest BCUT2D eigenvalue weighted by Crippen LogP contribution is -2.44.